The summed E-state index contributed by atoms with van der Waals surface area (Å²) in [5.74, 6) is 0.690. The minimum absolute atomic E-state index is 0.251. The highest BCUT2D eigenvalue weighted by atomic mass is 16.1. The van der Waals surface area contributed by atoms with E-state index in [1.165, 1.54) is 0 Å². The zero-order valence-electron chi connectivity index (χ0n) is 12.1. The average Bonchev–Trinajstić information content (AvgIpc) is 2.52. The smallest absolute Gasteiger partial charge is 0.274 e. The molecular formula is C16H15N5O. The molecule has 1 amide bonds. The lowest BCUT2D eigenvalue weighted by molar-refractivity contribution is 0.102. The number of anilines is 2. The molecule has 6 nitrogen and oxygen atoms in total. The molecule has 0 radical (unpaired) electrons. The van der Waals surface area contributed by atoms with Crippen molar-refractivity contribution >= 4 is 17.4 Å². The van der Waals surface area contributed by atoms with E-state index >= 15 is 0 Å². The molecule has 0 spiro atoms. The fourth-order valence-electron chi connectivity index (χ4n) is 1.81. The minimum atomic E-state index is -0.359. The van der Waals surface area contributed by atoms with Crippen LogP contribution in [0.3, 0.4) is 0 Å². The number of aromatic nitrogens is 2. The summed E-state index contributed by atoms with van der Waals surface area (Å²) in [6, 6.07) is 10.3. The van der Waals surface area contributed by atoms with E-state index in [1.807, 2.05) is 6.07 Å². The first-order valence-corrected chi connectivity index (χ1v) is 6.64. The van der Waals surface area contributed by atoms with E-state index in [9.17, 15) is 4.79 Å². The topological polar surface area (TPSA) is 90.7 Å². The van der Waals surface area contributed by atoms with Gasteiger partial charge in [-0.2, -0.15) is 5.26 Å². The lowest BCUT2D eigenvalue weighted by Crippen LogP contribution is -2.16. The van der Waals surface area contributed by atoms with Gasteiger partial charge in [-0.3, -0.25) is 4.79 Å². The fourth-order valence-corrected chi connectivity index (χ4v) is 1.81. The van der Waals surface area contributed by atoms with E-state index in [0.717, 1.165) is 0 Å². The van der Waals surface area contributed by atoms with Crippen molar-refractivity contribution in [2.24, 2.45) is 0 Å². The fraction of sp³-hybridized carbons (Fsp3) is 0.125. The maximum absolute atomic E-state index is 12.3. The van der Waals surface area contributed by atoms with Crippen LogP contribution in [0.5, 0.6) is 0 Å². The standard InChI is InChI=1S/C16H15N5O/c1-3-7-18-15-9-14(19-11(2)20-15)16(22)21-13-6-4-5-12(8-13)10-17/h3-6,8-9H,1,7H2,2H3,(H,21,22)(H,18,19,20). The third-order valence-electron chi connectivity index (χ3n) is 2.75. The molecule has 2 N–H and O–H groups in total. The zero-order valence-corrected chi connectivity index (χ0v) is 12.1. The highest BCUT2D eigenvalue weighted by Crippen LogP contribution is 2.13. The van der Waals surface area contributed by atoms with E-state index in [1.54, 1.807) is 43.3 Å². The molecule has 1 aromatic carbocycles. The van der Waals surface area contributed by atoms with E-state index in [2.05, 4.69) is 27.2 Å². The Balaban J connectivity index is 2.19. The van der Waals surface area contributed by atoms with Crippen LogP contribution in [0, 0.1) is 18.3 Å². The maximum atomic E-state index is 12.3. The molecule has 110 valence electrons. The van der Waals surface area contributed by atoms with Gasteiger partial charge in [-0.1, -0.05) is 12.1 Å². The van der Waals surface area contributed by atoms with Crippen molar-refractivity contribution in [2.45, 2.75) is 6.92 Å². The van der Waals surface area contributed by atoms with Gasteiger partial charge in [-0.15, -0.1) is 6.58 Å². The Bertz CT molecular complexity index is 748. The van der Waals surface area contributed by atoms with Gasteiger partial charge in [-0.25, -0.2) is 9.97 Å². The largest absolute Gasteiger partial charge is 0.366 e. The van der Waals surface area contributed by atoms with Gasteiger partial charge in [0.1, 0.15) is 17.3 Å². The Labute approximate surface area is 128 Å². The SMILES string of the molecule is C=CCNc1cc(C(=O)Nc2cccc(C#N)c2)nc(C)n1. The highest BCUT2D eigenvalue weighted by Gasteiger charge is 2.11. The first-order valence-electron chi connectivity index (χ1n) is 6.64. The van der Waals surface area contributed by atoms with E-state index in [-0.39, 0.29) is 11.6 Å². The van der Waals surface area contributed by atoms with Crippen molar-refractivity contribution in [3.05, 3.63) is 60.1 Å². The summed E-state index contributed by atoms with van der Waals surface area (Å²) in [6.45, 7) is 5.87. The molecule has 0 saturated heterocycles. The monoisotopic (exact) mass is 293 g/mol. The number of rotatable bonds is 5. The van der Waals surface area contributed by atoms with Crippen LogP contribution in [0.4, 0.5) is 11.5 Å². The number of nitriles is 1. The van der Waals surface area contributed by atoms with Gasteiger partial charge in [0.25, 0.3) is 5.91 Å². The first kappa shape index (κ1) is 15.2. The molecule has 0 aliphatic rings. The number of amides is 1. The molecule has 1 aromatic heterocycles. The number of carbonyl (C=O) groups is 1. The van der Waals surface area contributed by atoms with Crippen LogP contribution in [-0.2, 0) is 0 Å². The lowest BCUT2D eigenvalue weighted by atomic mass is 10.2. The van der Waals surface area contributed by atoms with Crippen LogP contribution in [-0.4, -0.2) is 22.4 Å². The summed E-state index contributed by atoms with van der Waals surface area (Å²) < 4.78 is 0. The van der Waals surface area contributed by atoms with E-state index in [0.29, 0.717) is 29.4 Å². The Morgan fingerprint density at radius 1 is 1.41 bits per heavy atom. The normalized spacial score (nSPS) is 9.64. The number of benzene rings is 1. The van der Waals surface area contributed by atoms with Crippen molar-refractivity contribution in [1.29, 1.82) is 5.26 Å². The van der Waals surface area contributed by atoms with Crippen LogP contribution in [0.15, 0.2) is 43.0 Å². The summed E-state index contributed by atoms with van der Waals surface area (Å²) in [6.07, 6.45) is 1.70. The van der Waals surface area contributed by atoms with Gasteiger partial charge < -0.3 is 10.6 Å². The minimum Gasteiger partial charge on any atom is -0.366 e. The van der Waals surface area contributed by atoms with Crippen LogP contribution in [0.25, 0.3) is 0 Å². The second kappa shape index (κ2) is 6.99. The van der Waals surface area contributed by atoms with Gasteiger partial charge in [-0.05, 0) is 25.1 Å². The maximum Gasteiger partial charge on any atom is 0.274 e. The van der Waals surface area contributed by atoms with Gasteiger partial charge in [0.05, 0.1) is 11.6 Å². The average molecular weight is 293 g/mol. The predicted molar refractivity (Wildman–Crippen MR) is 84.6 cm³/mol. The molecule has 0 atom stereocenters. The number of aryl methyl sites for hydroxylation is 1. The predicted octanol–water partition coefficient (Wildman–Crippen LogP) is 2.51. The molecule has 0 fully saturated rings. The van der Waals surface area contributed by atoms with Crippen molar-refractivity contribution in [1.82, 2.24) is 9.97 Å². The molecule has 2 aromatic rings. The van der Waals surface area contributed by atoms with Gasteiger partial charge in [0, 0.05) is 18.3 Å². The van der Waals surface area contributed by atoms with E-state index < -0.39 is 0 Å². The molecule has 1 heterocycles. The lowest BCUT2D eigenvalue weighted by Gasteiger charge is -2.08. The Kier molecular flexibility index (Phi) is 4.83. The number of nitrogens with one attached hydrogen (secondary N) is 2. The molecule has 6 heteroatoms. The Morgan fingerprint density at radius 2 is 2.23 bits per heavy atom. The summed E-state index contributed by atoms with van der Waals surface area (Å²) in [5, 5.41) is 14.6. The van der Waals surface area contributed by atoms with Crippen molar-refractivity contribution in [3.8, 4) is 6.07 Å². The van der Waals surface area contributed by atoms with Crippen molar-refractivity contribution in [3.63, 3.8) is 0 Å². The van der Waals surface area contributed by atoms with Crippen LogP contribution < -0.4 is 10.6 Å². The quantitative estimate of drug-likeness (QED) is 0.826. The molecular weight excluding hydrogens is 278 g/mol. The third-order valence-corrected chi connectivity index (χ3v) is 2.75. The molecule has 0 aliphatic heterocycles. The number of hydrogen-bond donors (Lipinski definition) is 2. The number of carbonyl (C=O) groups excluding carboxylic acids is 1. The molecule has 0 bridgehead atoms. The summed E-state index contributed by atoms with van der Waals surface area (Å²) in [7, 11) is 0. The molecule has 0 saturated carbocycles. The number of hydrogen-bond acceptors (Lipinski definition) is 5. The van der Waals surface area contributed by atoms with Crippen LogP contribution in [0.2, 0.25) is 0 Å². The van der Waals surface area contributed by atoms with Gasteiger partial charge >= 0.3 is 0 Å². The molecule has 0 unspecified atom stereocenters. The Morgan fingerprint density at radius 3 is 2.95 bits per heavy atom. The van der Waals surface area contributed by atoms with Crippen LogP contribution in [0.1, 0.15) is 21.9 Å². The first-order chi connectivity index (χ1) is 10.6. The third kappa shape index (κ3) is 3.90. The second-order valence-electron chi connectivity index (χ2n) is 4.50. The van der Waals surface area contributed by atoms with Crippen molar-refractivity contribution in [2.75, 3.05) is 17.2 Å². The Hall–Kier alpha value is -3.20. The second-order valence-corrected chi connectivity index (χ2v) is 4.50. The van der Waals surface area contributed by atoms with Gasteiger partial charge in [0.15, 0.2) is 0 Å². The summed E-state index contributed by atoms with van der Waals surface area (Å²) >= 11 is 0. The van der Waals surface area contributed by atoms with Gasteiger partial charge in [0.2, 0.25) is 0 Å². The van der Waals surface area contributed by atoms with E-state index in [4.69, 9.17) is 5.26 Å². The molecule has 0 aliphatic carbocycles. The molecule has 2 rings (SSSR count). The number of nitrogens with zero attached hydrogens (tertiary/aromatic N) is 3. The summed E-state index contributed by atoms with van der Waals surface area (Å²) in [5.41, 5.74) is 1.27. The van der Waals surface area contributed by atoms with Crippen molar-refractivity contribution < 1.29 is 4.79 Å². The zero-order chi connectivity index (χ0) is 15.9. The summed E-state index contributed by atoms with van der Waals surface area (Å²) in [4.78, 5) is 20.6. The highest BCUT2D eigenvalue weighted by molar-refractivity contribution is 6.03. The molecule has 22 heavy (non-hydrogen) atoms. The van der Waals surface area contributed by atoms with Crippen LogP contribution >= 0.6 is 0 Å².